The Hall–Kier alpha value is -3.64. The molecule has 41 heavy (non-hydrogen) atoms. The standard InChI is InChI=1S/C32H39N7O2/c1-19-11-15-39(18-19)26-16-27(40-20(2)25-7-5-14-38(25)3)36-31(35-26)29-22-6-4-12-32(30(22)41-37-29)13-10-21-8-9-24(34)23(17-33)28(21)32/h8-9,16,19-20,25H,4-7,10-15,18,34H2,1-3H3/t19-,20+,25+,32+/m1/s1. The Morgan fingerprint density at radius 2 is 2.05 bits per heavy atom. The van der Waals surface area contributed by atoms with Gasteiger partial charge in [0.05, 0.1) is 11.0 Å². The normalized spacial score (nSPS) is 26.2. The summed E-state index contributed by atoms with van der Waals surface area (Å²) < 4.78 is 12.8. The number of hydrogen-bond donors (Lipinski definition) is 1. The summed E-state index contributed by atoms with van der Waals surface area (Å²) in [7, 11) is 2.17. The second kappa shape index (κ2) is 10.0. The summed E-state index contributed by atoms with van der Waals surface area (Å²) in [5, 5.41) is 14.7. The van der Waals surface area contributed by atoms with Crippen molar-refractivity contribution >= 4 is 11.5 Å². The molecule has 9 nitrogen and oxygen atoms in total. The largest absolute Gasteiger partial charge is 0.473 e. The van der Waals surface area contributed by atoms with E-state index in [-0.39, 0.29) is 6.10 Å². The molecule has 2 fully saturated rings. The number of likely N-dealkylation sites (tertiary alicyclic amines) is 1. The molecule has 4 heterocycles. The van der Waals surface area contributed by atoms with Crippen molar-refractivity contribution in [2.45, 2.75) is 82.8 Å². The number of aryl methyl sites for hydroxylation is 1. The van der Waals surface area contributed by atoms with Crippen LogP contribution in [-0.4, -0.2) is 58.9 Å². The maximum Gasteiger partial charge on any atom is 0.219 e. The van der Waals surface area contributed by atoms with Crippen molar-refractivity contribution in [3.8, 4) is 23.5 Å². The van der Waals surface area contributed by atoms with Gasteiger partial charge in [-0.05, 0) is 95.0 Å². The smallest absolute Gasteiger partial charge is 0.219 e. The molecule has 0 bridgehead atoms. The van der Waals surface area contributed by atoms with Gasteiger partial charge in [-0.1, -0.05) is 18.1 Å². The predicted octanol–water partition coefficient (Wildman–Crippen LogP) is 4.86. The van der Waals surface area contributed by atoms with Gasteiger partial charge in [-0.25, -0.2) is 4.98 Å². The van der Waals surface area contributed by atoms with E-state index in [0.717, 1.165) is 87.3 Å². The Morgan fingerprint density at radius 1 is 1.17 bits per heavy atom. The average molecular weight is 554 g/mol. The highest BCUT2D eigenvalue weighted by atomic mass is 16.5. The molecule has 4 aliphatic rings. The molecule has 3 aromatic rings. The van der Waals surface area contributed by atoms with Gasteiger partial charge < -0.3 is 19.9 Å². The molecular formula is C32H39N7O2. The van der Waals surface area contributed by atoms with Crippen LogP contribution in [0.4, 0.5) is 11.5 Å². The molecule has 0 saturated carbocycles. The Morgan fingerprint density at radius 3 is 2.80 bits per heavy atom. The van der Waals surface area contributed by atoms with Crippen LogP contribution >= 0.6 is 0 Å². The van der Waals surface area contributed by atoms with Crippen LogP contribution in [0.5, 0.6) is 5.88 Å². The fraction of sp³-hybridized carbons (Fsp3) is 0.562. The van der Waals surface area contributed by atoms with Crippen LogP contribution in [0.15, 0.2) is 22.7 Å². The average Bonchev–Trinajstić information content (AvgIpc) is 3.76. The molecule has 4 atom stereocenters. The molecule has 2 N–H and O–H groups in total. The minimum absolute atomic E-state index is 0.00921. The highest BCUT2D eigenvalue weighted by Gasteiger charge is 2.49. The minimum Gasteiger partial charge on any atom is -0.473 e. The molecule has 2 aromatic heterocycles. The van der Waals surface area contributed by atoms with Crippen LogP contribution in [0.2, 0.25) is 0 Å². The lowest BCUT2D eigenvalue weighted by Crippen LogP contribution is -2.38. The number of benzene rings is 1. The van der Waals surface area contributed by atoms with Crippen LogP contribution in [0.1, 0.15) is 80.4 Å². The number of hydrogen-bond acceptors (Lipinski definition) is 9. The van der Waals surface area contributed by atoms with Gasteiger partial charge in [0.2, 0.25) is 5.88 Å². The number of fused-ring (bicyclic) bond motifs is 4. The van der Waals surface area contributed by atoms with Gasteiger partial charge in [-0.2, -0.15) is 10.2 Å². The van der Waals surface area contributed by atoms with Crippen LogP contribution in [-0.2, 0) is 18.3 Å². The number of aromatic nitrogens is 3. The summed E-state index contributed by atoms with van der Waals surface area (Å²) in [6, 6.07) is 8.69. The van der Waals surface area contributed by atoms with E-state index in [2.05, 4.69) is 48.0 Å². The SMILES string of the molecule is C[C@@H]1CCN(c2cc(O[C@@H](C)[C@@H]3CCCN3C)nc(-c3noc4c3CCC[C@@]43CCc4ccc(N)c(C#N)c43)n2)C1. The van der Waals surface area contributed by atoms with Crippen molar-refractivity contribution in [2.75, 3.05) is 37.3 Å². The second-order valence-electron chi connectivity index (χ2n) is 12.7. The van der Waals surface area contributed by atoms with E-state index in [1.807, 2.05) is 12.1 Å². The zero-order chi connectivity index (χ0) is 28.3. The topological polar surface area (TPSA) is 117 Å². The third-order valence-electron chi connectivity index (χ3n) is 10.1. The molecule has 0 amide bonds. The number of ether oxygens (including phenoxy) is 1. The molecule has 0 unspecified atom stereocenters. The van der Waals surface area contributed by atoms with Gasteiger partial charge in [0, 0.05) is 36.4 Å². The number of nitrogens with zero attached hydrogens (tertiary/aromatic N) is 6. The molecule has 2 aliphatic heterocycles. The lowest BCUT2D eigenvalue weighted by atomic mass is 9.68. The van der Waals surface area contributed by atoms with E-state index >= 15 is 0 Å². The van der Waals surface area contributed by atoms with Crippen LogP contribution in [0.3, 0.4) is 0 Å². The molecule has 1 aromatic carbocycles. The summed E-state index contributed by atoms with van der Waals surface area (Å²) in [4.78, 5) is 14.7. The van der Waals surface area contributed by atoms with Gasteiger partial charge in [0.15, 0.2) is 17.3 Å². The zero-order valence-electron chi connectivity index (χ0n) is 24.3. The van der Waals surface area contributed by atoms with E-state index < -0.39 is 5.41 Å². The highest BCUT2D eigenvalue weighted by Crippen LogP contribution is 2.54. The Labute approximate surface area is 241 Å². The van der Waals surface area contributed by atoms with Crippen molar-refractivity contribution in [2.24, 2.45) is 5.92 Å². The molecule has 2 aliphatic carbocycles. The highest BCUT2D eigenvalue weighted by molar-refractivity contribution is 5.68. The lowest BCUT2D eigenvalue weighted by molar-refractivity contribution is 0.117. The van der Waals surface area contributed by atoms with Gasteiger partial charge in [-0.3, -0.25) is 4.90 Å². The third kappa shape index (κ3) is 4.26. The molecule has 7 rings (SSSR count). The first-order valence-electron chi connectivity index (χ1n) is 15.2. The third-order valence-corrected chi connectivity index (χ3v) is 10.1. The fourth-order valence-electron chi connectivity index (χ4n) is 7.94. The predicted molar refractivity (Wildman–Crippen MR) is 157 cm³/mol. The van der Waals surface area contributed by atoms with Crippen molar-refractivity contribution in [1.82, 2.24) is 20.0 Å². The second-order valence-corrected chi connectivity index (χ2v) is 12.7. The summed E-state index contributed by atoms with van der Waals surface area (Å²) in [6.07, 6.45) is 7.96. The van der Waals surface area contributed by atoms with Crippen LogP contribution in [0, 0.1) is 17.2 Å². The Balaban J connectivity index is 1.31. The van der Waals surface area contributed by atoms with Crippen molar-refractivity contribution in [3.63, 3.8) is 0 Å². The molecular weight excluding hydrogens is 514 g/mol. The summed E-state index contributed by atoms with van der Waals surface area (Å²) in [6.45, 7) is 7.45. The van der Waals surface area contributed by atoms with E-state index in [9.17, 15) is 5.26 Å². The maximum absolute atomic E-state index is 10.1. The van der Waals surface area contributed by atoms with Gasteiger partial charge in [-0.15, -0.1) is 0 Å². The van der Waals surface area contributed by atoms with Crippen molar-refractivity contribution in [3.05, 3.63) is 46.2 Å². The lowest BCUT2D eigenvalue weighted by Gasteiger charge is -2.33. The molecule has 9 heteroatoms. The Kier molecular flexibility index (Phi) is 6.42. The summed E-state index contributed by atoms with van der Waals surface area (Å²) >= 11 is 0. The first-order valence-corrected chi connectivity index (χ1v) is 15.2. The van der Waals surface area contributed by atoms with E-state index in [1.165, 1.54) is 12.0 Å². The first-order chi connectivity index (χ1) is 19.9. The van der Waals surface area contributed by atoms with Crippen LogP contribution in [0.25, 0.3) is 11.5 Å². The van der Waals surface area contributed by atoms with Gasteiger partial charge >= 0.3 is 0 Å². The molecule has 214 valence electrons. The van der Waals surface area contributed by atoms with Gasteiger partial charge in [0.25, 0.3) is 0 Å². The monoisotopic (exact) mass is 553 g/mol. The van der Waals surface area contributed by atoms with Crippen molar-refractivity contribution < 1.29 is 9.26 Å². The van der Waals surface area contributed by atoms with E-state index in [0.29, 0.717) is 40.6 Å². The molecule has 0 radical (unpaired) electrons. The van der Waals surface area contributed by atoms with Crippen LogP contribution < -0.4 is 15.4 Å². The quantitative estimate of drug-likeness (QED) is 0.442. The fourth-order valence-corrected chi connectivity index (χ4v) is 7.94. The number of nitrogens with two attached hydrogens (primary N) is 1. The number of nitriles is 1. The minimum atomic E-state index is -0.391. The first kappa shape index (κ1) is 26.3. The number of anilines is 2. The maximum atomic E-state index is 10.1. The van der Waals surface area contributed by atoms with Crippen molar-refractivity contribution in [1.29, 1.82) is 5.26 Å². The van der Waals surface area contributed by atoms with Gasteiger partial charge in [0.1, 0.15) is 18.0 Å². The van der Waals surface area contributed by atoms with E-state index in [4.69, 9.17) is 25.0 Å². The zero-order valence-corrected chi connectivity index (χ0v) is 24.3. The van der Waals surface area contributed by atoms with E-state index in [1.54, 1.807) is 0 Å². The Bertz CT molecular complexity index is 1530. The summed E-state index contributed by atoms with van der Waals surface area (Å²) in [5.41, 5.74) is 11.0. The molecule has 2 saturated heterocycles. The molecule has 1 spiro atoms. The number of rotatable bonds is 5. The number of nitrogen functional groups attached to an aromatic ring is 1. The number of likely N-dealkylation sites (N-methyl/N-ethyl adjacent to an activating group) is 1. The summed E-state index contributed by atoms with van der Waals surface area (Å²) in [5.74, 6) is 3.50.